The fourth-order valence-electron chi connectivity index (χ4n) is 6.07. The summed E-state index contributed by atoms with van der Waals surface area (Å²) in [5, 5.41) is 56.5. The van der Waals surface area contributed by atoms with Crippen LogP contribution in [0.4, 0.5) is 0 Å². The molecule has 0 aromatic heterocycles. The summed E-state index contributed by atoms with van der Waals surface area (Å²) in [6.07, 6.45) is -2.44. The summed E-state index contributed by atoms with van der Waals surface area (Å²) in [4.78, 5) is 40.0. The molecule has 5 atom stereocenters. The fourth-order valence-corrected chi connectivity index (χ4v) is 6.07. The van der Waals surface area contributed by atoms with Crippen molar-refractivity contribution in [3.63, 3.8) is 0 Å². The number of hydrogen-bond acceptors (Lipinski definition) is 9. The van der Waals surface area contributed by atoms with Gasteiger partial charge in [0.05, 0.1) is 11.4 Å². The topological polar surface area (TPSA) is 182 Å². The Balaban J connectivity index is 1.84. The summed E-state index contributed by atoms with van der Waals surface area (Å²) < 4.78 is 0. The minimum absolute atomic E-state index is 0.0138. The smallest absolute Gasteiger partial charge is 0.235 e. The molecule has 3 aromatic rings. The summed E-state index contributed by atoms with van der Waals surface area (Å²) in [5.41, 5.74) is 3.46. The van der Waals surface area contributed by atoms with Crippen molar-refractivity contribution in [3.05, 3.63) is 53.6 Å². The molecule has 5 rings (SSSR count). The predicted molar refractivity (Wildman–Crippen MR) is 132 cm³/mol. The van der Waals surface area contributed by atoms with Crippen molar-refractivity contribution in [2.75, 3.05) is 14.1 Å². The van der Waals surface area contributed by atoms with Gasteiger partial charge in [-0.3, -0.25) is 19.3 Å². The number of amides is 1. The number of Topliss-reactive ketones (excluding diaryl/α,β-unsaturated/α-hetero) is 2. The van der Waals surface area contributed by atoms with Crippen LogP contribution in [0.5, 0.6) is 17.2 Å². The molecule has 0 heterocycles. The maximum Gasteiger partial charge on any atom is 0.235 e. The summed E-state index contributed by atoms with van der Waals surface area (Å²) in [6, 6.07) is 10.6. The van der Waals surface area contributed by atoms with Gasteiger partial charge in [0.2, 0.25) is 5.91 Å². The Morgan fingerprint density at radius 1 is 1.00 bits per heavy atom. The van der Waals surface area contributed by atoms with Crippen molar-refractivity contribution >= 4 is 28.2 Å². The molecule has 1 amide bonds. The number of nitrogens with zero attached hydrogens (tertiary/aromatic N) is 1. The molecule has 0 radical (unpaired) electrons. The van der Waals surface area contributed by atoms with E-state index in [-0.39, 0.29) is 34.1 Å². The standard InChI is InChI=1S/C27H26N2O8/c1-29(2)20-14-10-13-17(24(34)27(14,37)25(35)19(23(20)33)26(28)36)22(32)18-15(30)9-8-12(16(18)21(13)31)11-6-4-3-5-7-11/h3-9,14,19-20,24,30-32,34,37H,10H2,1-2H3,(H2,28,36)/t14-,19?,20-,24?,27-/m1/s1. The van der Waals surface area contributed by atoms with Gasteiger partial charge in [0.1, 0.15) is 23.4 Å². The van der Waals surface area contributed by atoms with Crippen molar-refractivity contribution in [2.45, 2.75) is 24.2 Å². The number of carbonyl (C=O) groups is 3. The molecule has 10 nitrogen and oxygen atoms in total. The molecule has 0 spiro atoms. The molecule has 3 aromatic carbocycles. The number of fused-ring (bicyclic) bond motifs is 3. The van der Waals surface area contributed by atoms with E-state index in [4.69, 9.17) is 5.73 Å². The van der Waals surface area contributed by atoms with E-state index in [1.807, 2.05) is 0 Å². The number of nitrogens with two attached hydrogens (primary N) is 1. The molecule has 2 aliphatic carbocycles. The number of primary amides is 1. The molecule has 1 saturated carbocycles. The lowest BCUT2D eigenvalue weighted by molar-refractivity contribution is -0.187. The molecule has 2 aliphatic rings. The summed E-state index contributed by atoms with van der Waals surface area (Å²) in [6.45, 7) is 0. The number of benzene rings is 3. The van der Waals surface area contributed by atoms with Crippen molar-refractivity contribution in [2.24, 2.45) is 17.6 Å². The predicted octanol–water partition coefficient (Wildman–Crippen LogP) is 0.744. The lowest BCUT2D eigenvalue weighted by Gasteiger charge is -2.51. The largest absolute Gasteiger partial charge is 0.507 e. The van der Waals surface area contributed by atoms with Gasteiger partial charge in [-0.15, -0.1) is 0 Å². The number of aliphatic hydroxyl groups is 2. The van der Waals surface area contributed by atoms with Crippen LogP contribution < -0.4 is 5.73 Å². The number of ketones is 2. The highest BCUT2D eigenvalue weighted by molar-refractivity contribution is 6.24. The number of likely N-dealkylation sites (N-methyl/N-ethyl adjacent to an activating group) is 1. The van der Waals surface area contributed by atoms with E-state index in [2.05, 4.69) is 0 Å². The average molecular weight is 507 g/mol. The first-order valence-electron chi connectivity index (χ1n) is 11.6. The number of hydrogen-bond donors (Lipinski definition) is 6. The van der Waals surface area contributed by atoms with E-state index >= 15 is 0 Å². The second-order valence-electron chi connectivity index (χ2n) is 9.89. The summed E-state index contributed by atoms with van der Waals surface area (Å²) >= 11 is 0. The quantitative estimate of drug-likeness (QED) is 0.220. The van der Waals surface area contributed by atoms with Gasteiger partial charge in [-0.1, -0.05) is 30.3 Å². The van der Waals surface area contributed by atoms with Gasteiger partial charge >= 0.3 is 0 Å². The number of aromatic hydroxyl groups is 3. The Morgan fingerprint density at radius 2 is 1.65 bits per heavy atom. The van der Waals surface area contributed by atoms with Gasteiger partial charge in [0.25, 0.3) is 0 Å². The molecule has 10 heteroatoms. The minimum Gasteiger partial charge on any atom is -0.507 e. The fraction of sp³-hybridized carbons (Fsp3) is 0.296. The molecule has 1 fully saturated rings. The third kappa shape index (κ3) is 3.19. The first-order chi connectivity index (χ1) is 17.4. The maximum atomic E-state index is 13.3. The monoisotopic (exact) mass is 506 g/mol. The highest BCUT2D eigenvalue weighted by atomic mass is 16.4. The highest BCUT2D eigenvalue weighted by Gasteiger charge is 2.66. The van der Waals surface area contributed by atoms with Crippen molar-refractivity contribution in [1.29, 1.82) is 0 Å². The maximum absolute atomic E-state index is 13.3. The van der Waals surface area contributed by atoms with Gasteiger partial charge < -0.3 is 31.3 Å². The second kappa shape index (κ2) is 8.27. The van der Waals surface area contributed by atoms with E-state index in [1.54, 1.807) is 36.4 Å². The highest BCUT2D eigenvalue weighted by Crippen LogP contribution is 2.57. The molecule has 37 heavy (non-hydrogen) atoms. The van der Waals surface area contributed by atoms with Crippen LogP contribution in [0.15, 0.2) is 42.5 Å². The molecule has 2 unspecified atom stereocenters. The average Bonchev–Trinajstić information content (AvgIpc) is 2.84. The van der Waals surface area contributed by atoms with Crippen LogP contribution in [0.1, 0.15) is 17.2 Å². The SMILES string of the molecule is CN(C)[C@H]1C(=O)C(C(N)=O)C(=O)[C@]2(O)C(O)c3c(c(O)c4c(-c5ccccc5)ccc(O)c4c3O)C[C@H]12. The lowest BCUT2D eigenvalue weighted by Crippen LogP contribution is -2.70. The Hall–Kier alpha value is -3.99. The Morgan fingerprint density at radius 3 is 2.24 bits per heavy atom. The molecule has 192 valence electrons. The van der Waals surface area contributed by atoms with Crippen LogP contribution in [0.3, 0.4) is 0 Å². The summed E-state index contributed by atoms with van der Waals surface area (Å²) in [7, 11) is 3.03. The van der Waals surface area contributed by atoms with Crippen LogP contribution in [0.25, 0.3) is 21.9 Å². The minimum atomic E-state index is -2.68. The molecular formula is C27H26N2O8. The number of phenols is 3. The molecule has 0 aliphatic heterocycles. The van der Waals surface area contributed by atoms with E-state index in [0.29, 0.717) is 11.1 Å². The zero-order valence-corrected chi connectivity index (χ0v) is 20.0. The number of aliphatic hydroxyl groups excluding tert-OH is 1. The molecule has 0 saturated heterocycles. The van der Waals surface area contributed by atoms with Crippen LogP contribution in [0, 0.1) is 11.8 Å². The van der Waals surface area contributed by atoms with Gasteiger partial charge in [-0.25, -0.2) is 0 Å². The number of carbonyl (C=O) groups excluding carboxylic acids is 3. The zero-order valence-electron chi connectivity index (χ0n) is 20.0. The summed E-state index contributed by atoms with van der Waals surface area (Å²) in [5.74, 6) is -8.06. The lowest BCUT2D eigenvalue weighted by atomic mass is 9.57. The van der Waals surface area contributed by atoms with Gasteiger partial charge in [-0.05, 0) is 43.8 Å². The van der Waals surface area contributed by atoms with Crippen molar-refractivity contribution in [3.8, 4) is 28.4 Å². The first kappa shape index (κ1) is 24.7. The van der Waals surface area contributed by atoms with Crippen LogP contribution >= 0.6 is 0 Å². The van der Waals surface area contributed by atoms with Crippen LogP contribution in [0.2, 0.25) is 0 Å². The van der Waals surface area contributed by atoms with Gasteiger partial charge in [-0.2, -0.15) is 0 Å². The molecular weight excluding hydrogens is 480 g/mol. The Labute approximate surface area is 211 Å². The third-order valence-corrected chi connectivity index (χ3v) is 7.74. The normalized spacial score (nSPS) is 27.3. The Kier molecular flexibility index (Phi) is 5.52. The van der Waals surface area contributed by atoms with Crippen molar-refractivity contribution < 1.29 is 39.9 Å². The van der Waals surface area contributed by atoms with E-state index in [9.17, 15) is 39.9 Å². The van der Waals surface area contributed by atoms with Crippen molar-refractivity contribution in [1.82, 2.24) is 4.90 Å². The van der Waals surface area contributed by atoms with Crippen LogP contribution in [-0.2, 0) is 20.8 Å². The number of rotatable bonds is 3. The molecule has 0 bridgehead atoms. The zero-order chi connectivity index (χ0) is 27.0. The van der Waals surface area contributed by atoms with E-state index in [1.165, 1.54) is 25.1 Å². The van der Waals surface area contributed by atoms with E-state index in [0.717, 1.165) is 0 Å². The molecule has 7 N–H and O–H groups in total. The second-order valence-corrected chi connectivity index (χ2v) is 9.89. The van der Waals surface area contributed by atoms with E-state index < -0.39 is 58.6 Å². The third-order valence-electron chi connectivity index (χ3n) is 7.74. The van der Waals surface area contributed by atoms with Gasteiger partial charge in [0.15, 0.2) is 23.1 Å². The first-order valence-corrected chi connectivity index (χ1v) is 11.6. The van der Waals surface area contributed by atoms with Crippen LogP contribution in [-0.4, -0.2) is 73.6 Å². The van der Waals surface area contributed by atoms with Gasteiger partial charge in [0, 0.05) is 22.4 Å². The Bertz CT molecular complexity index is 1490. The number of phenolic OH excluding ortho intramolecular Hbond substituents is 3.